The predicted octanol–water partition coefficient (Wildman–Crippen LogP) is 2.17. The zero-order valence-corrected chi connectivity index (χ0v) is 16.9. The summed E-state index contributed by atoms with van der Waals surface area (Å²) in [4.78, 5) is 42.4. The lowest BCUT2D eigenvalue weighted by Crippen LogP contribution is -2.36. The Balaban J connectivity index is 1.32. The molecule has 1 saturated heterocycles. The molecule has 0 spiro atoms. The number of amides is 2. The zero-order valence-electron chi connectivity index (χ0n) is 16.1. The van der Waals surface area contributed by atoms with Crippen LogP contribution in [0.1, 0.15) is 23.4 Å². The van der Waals surface area contributed by atoms with Crippen molar-refractivity contribution in [2.75, 3.05) is 30.3 Å². The van der Waals surface area contributed by atoms with Crippen LogP contribution < -0.4 is 10.6 Å². The van der Waals surface area contributed by atoms with E-state index in [0.717, 1.165) is 23.4 Å². The molecule has 1 aromatic carbocycles. The number of benzene rings is 1. The van der Waals surface area contributed by atoms with E-state index < -0.39 is 11.0 Å². The van der Waals surface area contributed by atoms with Crippen molar-refractivity contribution in [2.45, 2.75) is 31.9 Å². The highest BCUT2D eigenvalue weighted by Crippen LogP contribution is 2.29. The van der Waals surface area contributed by atoms with E-state index in [2.05, 4.69) is 15.6 Å². The highest BCUT2D eigenvalue weighted by Gasteiger charge is 2.26. The summed E-state index contributed by atoms with van der Waals surface area (Å²) in [6.45, 7) is 2.00. The molecular formula is C19H21N5O5S. The quantitative estimate of drug-likeness (QED) is 0.530. The number of thiazole rings is 1. The maximum absolute atomic E-state index is 12.4. The monoisotopic (exact) mass is 431 g/mol. The van der Waals surface area contributed by atoms with Crippen molar-refractivity contribution in [2.24, 2.45) is 0 Å². The average Bonchev–Trinajstić information content (AvgIpc) is 3.37. The minimum absolute atomic E-state index is 0.0716. The maximum atomic E-state index is 12.4. The molecule has 158 valence electrons. The molecule has 3 heterocycles. The predicted molar refractivity (Wildman–Crippen MR) is 110 cm³/mol. The fourth-order valence-electron chi connectivity index (χ4n) is 3.51. The topological polar surface area (TPSA) is 127 Å². The SMILES string of the molecule is O=C(CN1CCc2nc(NC(=O)C3CCCO3)sc2C1)Nc1cccc([N+](=O)[O-])c1. The largest absolute Gasteiger partial charge is 0.368 e. The smallest absolute Gasteiger partial charge is 0.271 e. The van der Waals surface area contributed by atoms with Gasteiger partial charge in [-0.15, -0.1) is 11.3 Å². The summed E-state index contributed by atoms with van der Waals surface area (Å²) in [6, 6.07) is 5.86. The molecule has 0 bridgehead atoms. The lowest BCUT2D eigenvalue weighted by Gasteiger charge is -2.25. The van der Waals surface area contributed by atoms with Crippen molar-refractivity contribution in [3.8, 4) is 0 Å². The second-order valence-corrected chi connectivity index (χ2v) is 8.28. The first-order valence-corrected chi connectivity index (χ1v) is 10.5. The van der Waals surface area contributed by atoms with E-state index in [0.29, 0.717) is 36.9 Å². The molecular weight excluding hydrogens is 410 g/mol. The van der Waals surface area contributed by atoms with Crippen LogP contribution in [0.15, 0.2) is 24.3 Å². The van der Waals surface area contributed by atoms with Crippen LogP contribution >= 0.6 is 11.3 Å². The van der Waals surface area contributed by atoms with Crippen LogP contribution in [0, 0.1) is 10.1 Å². The van der Waals surface area contributed by atoms with Crippen LogP contribution in [0.2, 0.25) is 0 Å². The van der Waals surface area contributed by atoms with Gasteiger partial charge in [0.15, 0.2) is 5.13 Å². The molecule has 1 unspecified atom stereocenters. The van der Waals surface area contributed by atoms with Crippen molar-refractivity contribution in [3.05, 3.63) is 45.0 Å². The lowest BCUT2D eigenvalue weighted by atomic mass is 10.2. The van der Waals surface area contributed by atoms with Crippen molar-refractivity contribution in [3.63, 3.8) is 0 Å². The second kappa shape index (κ2) is 8.86. The van der Waals surface area contributed by atoms with Gasteiger partial charge in [0, 0.05) is 48.8 Å². The third kappa shape index (κ3) is 4.81. The van der Waals surface area contributed by atoms with Gasteiger partial charge < -0.3 is 10.1 Å². The summed E-state index contributed by atoms with van der Waals surface area (Å²) in [5, 5.41) is 17.0. The van der Waals surface area contributed by atoms with E-state index in [1.807, 2.05) is 4.90 Å². The van der Waals surface area contributed by atoms with Gasteiger partial charge >= 0.3 is 0 Å². The van der Waals surface area contributed by atoms with Crippen molar-refractivity contribution in [1.82, 2.24) is 9.88 Å². The lowest BCUT2D eigenvalue weighted by molar-refractivity contribution is -0.384. The second-order valence-electron chi connectivity index (χ2n) is 7.20. The summed E-state index contributed by atoms with van der Waals surface area (Å²) in [5.74, 6) is -0.401. The number of hydrogen-bond donors (Lipinski definition) is 2. The number of non-ortho nitro benzene ring substituents is 1. The Kier molecular flexibility index (Phi) is 6.02. The first-order chi connectivity index (χ1) is 14.5. The molecule has 2 N–H and O–H groups in total. The molecule has 2 aliphatic heterocycles. The van der Waals surface area contributed by atoms with Gasteiger partial charge in [0.05, 0.1) is 17.2 Å². The fraction of sp³-hybridized carbons (Fsp3) is 0.421. The first kappa shape index (κ1) is 20.4. The number of ether oxygens (including phenoxy) is 1. The van der Waals surface area contributed by atoms with Gasteiger partial charge in [0.2, 0.25) is 5.91 Å². The van der Waals surface area contributed by atoms with E-state index >= 15 is 0 Å². The number of aromatic nitrogens is 1. The Labute approximate surface area is 176 Å². The fourth-order valence-corrected chi connectivity index (χ4v) is 4.56. The van der Waals surface area contributed by atoms with E-state index in [9.17, 15) is 19.7 Å². The number of carbonyl (C=O) groups excluding carboxylic acids is 2. The molecule has 1 atom stereocenters. The summed E-state index contributed by atoms with van der Waals surface area (Å²) in [6.07, 6.45) is 1.90. The van der Waals surface area contributed by atoms with Gasteiger partial charge in [-0.25, -0.2) is 4.98 Å². The Morgan fingerprint density at radius 3 is 3.00 bits per heavy atom. The van der Waals surface area contributed by atoms with E-state index in [4.69, 9.17) is 4.74 Å². The number of hydrogen-bond acceptors (Lipinski definition) is 8. The third-order valence-electron chi connectivity index (χ3n) is 4.97. The summed E-state index contributed by atoms with van der Waals surface area (Å²) < 4.78 is 5.39. The number of fused-ring (bicyclic) bond motifs is 1. The Hall–Kier alpha value is -2.89. The third-order valence-corrected chi connectivity index (χ3v) is 5.97. The molecule has 2 aliphatic rings. The normalized spacial score (nSPS) is 18.6. The molecule has 0 aliphatic carbocycles. The first-order valence-electron chi connectivity index (χ1n) is 9.65. The Morgan fingerprint density at radius 1 is 1.37 bits per heavy atom. The molecule has 0 radical (unpaired) electrons. The van der Waals surface area contributed by atoms with Crippen LogP contribution in [0.3, 0.4) is 0 Å². The van der Waals surface area contributed by atoms with Gasteiger partial charge in [-0.05, 0) is 18.9 Å². The number of anilines is 2. The van der Waals surface area contributed by atoms with Gasteiger partial charge in [0.25, 0.3) is 11.6 Å². The van der Waals surface area contributed by atoms with Crippen molar-refractivity contribution >= 4 is 39.7 Å². The van der Waals surface area contributed by atoms with Crippen LogP contribution in [-0.2, 0) is 27.3 Å². The van der Waals surface area contributed by atoms with Gasteiger partial charge in [-0.2, -0.15) is 0 Å². The number of nitro benzene ring substituents is 1. The number of rotatable bonds is 6. The molecule has 1 aromatic heterocycles. The maximum Gasteiger partial charge on any atom is 0.271 e. The number of nitro groups is 1. The molecule has 30 heavy (non-hydrogen) atoms. The van der Waals surface area contributed by atoms with Crippen LogP contribution in [0.25, 0.3) is 0 Å². The van der Waals surface area contributed by atoms with E-state index in [1.165, 1.54) is 29.5 Å². The number of carbonyl (C=O) groups is 2. The van der Waals surface area contributed by atoms with Crippen LogP contribution in [-0.4, -0.2) is 52.4 Å². The van der Waals surface area contributed by atoms with Crippen molar-refractivity contribution in [1.29, 1.82) is 0 Å². The summed E-state index contributed by atoms with van der Waals surface area (Å²) >= 11 is 1.42. The van der Waals surface area contributed by atoms with Crippen LogP contribution in [0.5, 0.6) is 0 Å². The van der Waals surface area contributed by atoms with Gasteiger partial charge in [0.1, 0.15) is 6.10 Å². The number of nitrogens with one attached hydrogen (secondary N) is 2. The molecule has 2 aromatic rings. The molecule has 10 nitrogen and oxygen atoms in total. The Morgan fingerprint density at radius 2 is 2.23 bits per heavy atom. The number of nitrogens with zero attached hydrogens (tertiary/aromatic N) is 3. The highest BCUT2D eigenvalue weighted by molar-refractivity contribution is 7.15. The molecule has 2 amide bonds. The zero-order chi connectivity index (χ0) is 21.1. The average molecular weight is 431 g/mol. The molecule has 4 rings (SSSR count). The van der Waals surface area contributed by atoms with E-state index in [-0.39, 0.29) is 24.0 Å². The van der Waals surface area contributed by atoms with Gasteiger partial charge in [-0.3, -0.25) is 29.9 Å². The minimum Gasteiger partial charge on any atom is -0.368 e. The summed E-state index contributed by atoms with van der Waals surface area (Å²) in [5.41, 5.74) is 1.26. The summed E-state index contributed by atoms with van der Waals surface area (Å²) in [7, 11) is 0. The standard InChI is InChI=1S/C19H21N5O5S/c25-17(20-12-3-1-4-13(9-12)24(27)28)11-23-7-6-14-16(10-23)30-19(21-14)22-18(26)15-5-2-8-29-15/h1,3-4,9,15H,2,5-8,10-11H2,(H,20,25)(H,21,22,26). The molecule has 1 fully saturated rings. The van der Waals surface area contributed by atoms with E-state index in [1.54, 1.807) is 6.07 Å². The van der Waals surface area contributed by atoms with Crippen LogP contribution in [0.4, 0.5) is 16.5 Å². The molecule has 0 saturated carbocycles. The van der Waals surface area contributed by atoms with Crippen molar-refractivity contribution < 1.29 is 19.2 Å². The Bertz CT molecular complexity index is 972. The minimum atomic E-state index is -0.499. The van der Waals surface area contributed by atoms with Gasteiger partial charge in [-0.1, -0.05) is 6.07 Å². The highest BCUT2D eigenvalue weighted by atomic mass is 32.1. The molecule has 11 heteroatoms.